The van der Waals surface area contributed by atoms with Crippen molar-refractivity contribution in [2.45, 2.75) is 49.3 Å². The molecule has 43 heavy (non-hydrogen) atoms. The van der Waals surface area contributed by atoms with Crippen LogP contribution >= 0.6 is 0 Å². The second kappa shape index (κ2) is 11.9. The molecule has 0 spiro atoms. The second-order valence-corrected chi connectivity index (χ2v) is 9.41. The average Bonchev–Trinajstić information content (AvgIpc) is 2.87. The zero-order chi connectivity index (χ0) is 32.4. The van der Waals surface area contributed by atoms with Gasteiger partial charge in [-0.25, -0.2) is 13.6 Å². The van der Waals surface area contributed by atoms with E-state index in [0.717, 1.165) is 29.6 Å². The van der Waals surface area contributed by atoms with Gasteiger partial charge in [0.2, 0.25) is 5.54 Å². The maximum absolute atomic E-state index is 14.8. The number of amides is 2. The van der Waals surface area contributed by atoms with Crippen LogP contribution in [0.1, 0.15) is 23.6 Å². The molecule has 0 radical (unpaired) electrons. The molecule has 0 heterocycles. The maximum atomic E-state index is 14.8. The van der Waals surface area contributed by atoms with Gasteiger partial charge in [0, 0.05) is 12.5 Å². The molecule has 0 aliphatic rings. The minimum Gasteiger partial charge on any atom is -0.428 e. The predicted octanol–water partition coefficient (Wildman–Crippen LogP) is 7.87. The highest BCUT2D eigenvalue weighted by molar-refractivity contribution is 5.77. The van der Waals surface area contributed by atoms with Crippen LogP contribution in [0.4, 0.5) is 57.5 Å². The van der Waals surface area contributed by atoms with Gasteiger partial charge in [0.05, 0.1) is 5.54 Å². The van der Waals surface area contributed by atoms with E-state index >= 15 is 0 Å². The van der Waals surface area contributed by atoms with Crippen LogP contribution in [-0.4, -0.2) is 36.5 Å². The zero-order valence-electron chi connectivity index (χ0n) is 21.6. The van der Waals surface area contributed by atoms with E-state index < -0.39 is 71.4 Å². The first-order valence-electron chi connectivity index (χ1n) is 11.9. The molecule has 4 nitrogen and oxygen atoms in total. The molecule has 2 N–H and O–H groups in total. The number of ether oxygens (including phenoxy) is 1. The van der Waals surface area contributed by atoms with Crippen molar-refractivity contribution in [1.82, 2.24) is 10.6 Å². The lowest BCUT2D eigenvalue weighted by atomic mass is 9.77. The number of benzene rings is 3. The predicted molar refractivity (Wildman–Crippen MR) is 127 cm³/mol. The normalized spacial score (nSPS) is 14.3. The van der Waals surface area contributed by atoms with Crippen molar-refractivity contribution in [3.05, 3.63) is 101 Å². The fourth-order valence-corrected chi connectivity index (χ4v) is 4.02. The van der Waals surface area contributed by atoms with Crippen molar-refractivity contribution in [2.24, 2.45) is 0 Å². The molecule has 0 aliphatic heterocycles. The van der Waals surface area contributed by atoms with Crippen LogP contribution in [0, 0.1) is 11.6 Å². The molecule has 3 aromatic rings. The van der Waals surface area contributed by atoms with Crippen LogP contribution in [0.2, 0.25) is 0 Å². The van der Waals surface area contributed by atoms with Crippen LogP contribution < -0.4 is 15.4 Å². The summed E-state index contributed by atoms with van der Waals surface area (Å²) in [5.41, 5.74) is -8.01. The summed E-state index contributed by atoms with van der Waals surface area (Å²) in [5, 5.41) is 2.77. The topological polar surface area (TPSA) is 50.4 Å². The lowest BCUT2D eigenvalue weighted by Crippen LogP contribution is -2.68. The molecule has 2 amide bonds. The zero-order valence-corrected chi connectivity index (χ0v) is 21.6. The van der Waals surface area contributed by atoms with Gasteiger partial charge in [-0.2, -0.15) is 43.9 Å². The number of nitrogens with one attached hydrogen (secondary N) is 2. The van der Waals surface area contributed by atoms with Gasteiger partial charge in [-0.05, 0) is 47.9 Å². The SMILES string of the molecule is CC(NC(=O)N[C@](Cc1ccccc1)(c1ccc(F)cc1)c1cc(F)cc(OC(F)(F)C(F)F)c1)(C(F)(F)F)C(F)(F)F. The molecular weight excluding hydrogens is 612 g/mol. The Hall–Kier alpha value is -4.11. The van der Waals surface area contributed by atoms with E-state index in [1.807, 2.05) is 5.32 Å². The molecule has 16 heteroatoms. The van der Waals surface area contributed by atoms with Crippen molar-refractivity contribution < 1.29 is 62.2 Å². The first kappa shape index (κ1) is 33.4. The molecule has 234 valence electrons. The summed E-state index contributed by atoms with van der Waals surface area (Å²) in [4.78, 5) is 13.0. The summed E-state index contributed by atoms with van der Waals surface area (Å²) in [7, 11) is 0. The van der Waals surface area contributed by atoms with Gasteiger partial charge >= 0.3 is 30.9 Å². The minimum atomic E-state index is -6.08. The Morgan fingerprint density at radius 2 is 1.30 bits per heavy atom. The Balaban J connectivity index is 2.29. The number of hydrogen-bond donors (Lipinski definition) is 2. The highest BCUT2D eigenvalue weighted by Crippen LogP contribution is 2.43. The lowest BCUT2D eigenvalue weighted by molar-refractivity contribution is -0.297. The van der Waals surface area contributed by atoms with E-state index in [-0.39, 0.29) is 24.1 Å². The van der Waals surface area contributed by atoms with Crippen LogP contribution in [0.15, 0.2) is 72.8 Å². The van der Waals surface area contributed by atoms with Crippen LogP contribution in [-0.2, 0) is 12.0 Å². The van der Waals surface area contributed by atoms with Crippen molar-refractivity contribution in [3.63, 3.8) is 0 Å². The van der Waals surface area contributed by atoms with Crippen LogP contribution in [0.25, 0.3) is 0 Å². The van der Waals surface area contributed by atoms with Crippen molar-refractivity contribution in [2.75, 3.05) is 0 Å². The standard InChI is InChI=1S/C27H20F12N2O2/c1-23(26(34,35)36,27(37,38)39)40-22(42)41-24(14-15-5-3-2-4-6-15,16-7-9-18(28)10-8-16)17-11-19(29)13-20(12-17)43-25(32,33)21(30)31/h2-13,21H,14H2,1H3,(H2,40,41,42)/t24-/m1/s1. The smallest absolute Gasteiger partial charge is 0.428 e. The summed E-state index contributed by atoms with van der Waals surface area (Å²) < 4.78 is 167. The van der Waals surface area contributed by atoms with Gasteiger partial charge in [0.1, 0.15) is 17.4 Å². The third-order valence-electron chi connectivity index (χ3n) is 6.35. The Bertz CT molecular complexity index is 1400. The Labute approximate surface area is 235 Å². The van der Waals surface area contributed by atoms with Gasteiger partial charge in [-0.1, -0.05) is 42.5 Å². The second-order valence-electron chi connectivity index (χ2n) is 9.41. The number of hydrogen-bond acceptors (Lipinski definition) is 2. The van der Waals surface area contributed by atoms with E-state index in [9.17, 15) is 57.5 Å². The minimum absolute atomic E-state index is 0.200. The van der Waals surface area contributed by atoms with Crippen molar-refractivity contribution in [1.29, 1.82) is 0 Å². The molecule has 1 atom stereocenters. The van der Waals surface area contributed by atoms with Gasteiger partial charge in [-0.15, -0.1) is 0 Å². The molecular formula is C27H20F12N2O2. The van der Waals surface area contributed by atoms with Gasteiger partial charge < -0.3 is 15.4 Å². The van der Waals surface area contributed by atoms with Crippen molar-refractivity contribution >= 4 is 6.03 Å². The van der Waals surface area contributed by atoms with Crippen molar-refractivity contribution in [3.8, 4) is 5.75 Å². The number of carbonyl (C=O) groups is 1. The van der Waals surface area contributed by atoms with Gasteiger partial charge in [0.25, 0.3) is 0 Å². The molecule has 0 saturated heterocycles. The number of carbonyl (C=O) groups excluding carboxylic acids is 1. The summed E-state index contributed by atoms with van der Waals surface area (Å²) in [6.07, 6.45) is -22.3. The average molecular weight is 632 g/mol. The van der Waals surface area contributed by atoms with E-state index in [2.05, 4.69) is 4.74 Å². The fourth-order valence-electron chi connectivity index (χ4n) is 4.02. The summed E-state index contributed by atoms with van der Waals surface area (Å²) >= 11 is 0. The quantitative estimate of drug-likeness (QED) is 0.236. The molecule has 0 aromatic heterocycles. The van der Waals surface area contributed by atoms with Gasteiger partial charge in [0.15, 0.2) is 0 Å². The monoisotopic (exact) mass is 632 g/mol. The van der Waals surface area contributed by atoms with E-state index in [0.29, 0.717) is 12.1 Å². The molecule has 0 unspecified atom stereocenters. The summed E-state index contributed by atoms with van der Waals surface area (Å²) in [6, 6.07) is 9.81. The molecule has 3 aromatic carbocycles. The fraction of sp³-hybridized carbons (Fsp3) is 0.296. The Morgan fingerprint density at radius 3 is 1.81 bits per heavy atom. The largest absolute Gasteiger partial charge is 0.461 e. The van der Waals surface area contributed by atoms with Crippen LogP contribution in [0.3, 0.4) is 0 Å². The van der Waals surface area contributed by atoms with E-state index in [1.54, 1.807) is 0 Å². The van der Waals surface area contributed by atoms with E-state index in [4.69, 9.17) is 0 Å². The highest BCUT2D eigenvalue weighted by atomic mass is 19.4. The Kier molecular flexibility index (Phi) is 9.22. The van der Waals surface area contributed by atoms with Gasteiger partial charge in [-0.3, -0.25) is 0 Å². The number of halogens is 12. The number of rotatable bonds is 9. The number of urea groups is 1. The van der Waals surface area contributed by atoms with E-state index in [1.165, 1.54) is 30.3 Å². The highest BCUT2D eigenvalue weighted by Gasteiger charge is 2.69. The Morgan fingerprint density at radius 1 is 0.744 bits per heavy atom. The molecule has 3 rings (SSSR count). The molecule has 0 fully saturated rings. The first-order chi connectivity index (χ1) is 19.7. The summed E-state index contributed by atoms with van der Waals surface area (Å²) in [6.45, 7) is -0.357. The molecule has 0 saturated carbocycles. The number of alkyl halides is 10. The van der Waals surface area contributed by atoms with Crippen LogP contribution in [0.5, 0.6) is 5.75 Å². The summed E-state index contributed by atoms with van der Waals surface area (Å²) in [5.74, 6) is -3.56. The molecule has 0 bridgehead atoms. The maximum Gasteiger partial charge on any atom is 0.461 e. The third kappa shape index (κ3) is 7.28. The lowest BCUT2D eigenvalue weighted by Gasteiger charge is -2.39. The molecule has 0 aliphatic carbocycles. The third-order valence-corrected chi connectivity index (χ3v) is 6.35. The first-order valence-corrected chi connectivity index (χ1v) is 11.9.